The molecule has 4 rings (SSSR count). The summed E-state index contributed by atoms with van der Waals surface area (Å²) in [5.41, 5.74) is 2.27. The molecule has 0 atom stereocenters. The fraction of sp³-hybridized carbons (Fsp3) is 0.789. The molecular weight excluding hydrogens is 314 g/mol. The number of nitrogens with zero attached hydrogens (tertiary/aromatic N) is 4. The Hall–Kier alpha value is -1.56. The van der Waals surface area contributed by atoms with Gasteiger partial charge in [-0.05, 0) is 45.1 Å². The molecule has 0 radical (unpaired) electrons. The molecule has 3 aliphatic rings. The number of hydrogen-bond donors (Lipinski definition) is 1. The fourth-order valence-electron chi connectivity index (χ4n) is 4.36. The Labute approximate surface area is 150 Å². The number of hydrogen-bond acceptors (Lipinski definition) is 3. The molecule has 0 bridgehead atoms. The summed E-state index contributed by atoms with van der Waals surface area (Å²) in [5, 5.41) is 7.76. The Bertz CT molecular complexity index is 640. The zero-order valence-corrected chi connectivity index (χ0v) is 15.8. The smallest absolute Gasteiger partial charge is 0.319 e. The highest BCUT2D eigenvalue weighted by atomic mass is 16.2. The lowest BCUT2D eigenvalue weighted by atomic mass is 9.77. The van der Waals surface area contributed by atoms with Crippen molar-refractivity contribution >= 4 is 11.7 Å². The second-order valence-electron chi connectivity index (χ2n) is 8.65. The number of anilines is 1. The summed E-state index contributed by atoms with van der Waals surface area (Å²) in [7, 11) is 2.17. The van der Waals surface area contributed by atoms with E-state index in [1.165, 1.54) is 18.5 Å². The van der Waals surface area contributed by atoms with Gasteiger partial charge in [0.15, 0.2) is 0 Å². The summed E-state index contributed by atoms with van der Waals surface area (Å²) in [5.74, 6) is 1.13. The summed E-state index contributed by atoms with van der Waals surface area (Å²) in [4.78, 5) is 17.4. The third-order valence-electron chi connectivity index (χ3n) is 6.16. The zero-order valence-electron chi connectivity index (χ0n) is 15.8. The number of nitrogens with one attached hydrogen (secondary N) is 1. The first kappa shape index (κ1) is 16.9. The van der Waals surface area contributed by atoms with Gasteiger partial charge in [-0.15, -0.1) is 0 Å². The number of rotatable bonds is 4. The lowest BCUT2D eigenvalue weighted by molar-refractivity contribution is -0.0166. The lowest BCUT2D eigenvalue weighted by Gasteiger charge is -2.55. The molecular formula is C19H31N5O. The standard InChI is InChI=1S/C19H31N5O/c1-14(2)13-24-17(15-4-5-15)16(12-20-24)21-18(25)23-11-8-19(23)6-9-22(3)10-7-19/h12,14-15H,4-11,13H2,1-3H3,(H,21,25). The van der Waals surface area contributed by atoms with Crippen LogP contribution in [0.15, 0.2) is 6.20 Å². The van der Waals surface area contributed by atoms with Crippen LogP contribution in [-0.4, -0.2) is 57.8 Å². The van der Waals surface area contributed by atoms with Crippen LogP contribution in [0.1, 0.15) is 57.6 Å². The van der Waals surface area contributed by atoms with E-state index in [9.17, 15) is 4.79 Å². The Morgan fingerprint density at radius 3 is 2.52 bits per heavy atom. The molecule has 25 heavy (non-hydrogen) atoms. The Kier molecular flexibility index (Phi) is 4.26. The van der Waals surface area contributed by atoms with Crippen molar-refractivity contribution in [3.63, 3.8) is 0 Å². The van der Waals surface area contributed by atoms with E-state index < -0.39 is 0 Å². The van der Waals surface area contributed by atoms with E-state index in [0.717, 1.165) is 51.1 Å². The zero-order chi connectivity index (χ0) is 17.6. The van der Waals surface area contributed by atoms with Crippen molar-refractivity contribution in [2.45, 2.75) is 64.0 Å². The third kappa shape index (κ3) is 3.16. The molecule has 6 heteroatoms. The molecule has 1 aromatic rings. The van der Waals surface area contributed by atoms with Gasteiger partial charge in [0.2, 0.25) is 0 Å². The van der Waals surface area contributed by atoms with Crippen molar-refractivity contribution < 1.29 is 4.79 Å². The number of urea groups is 1. The van der Waals surface area contributed by atoms with E-state index in [4.69, 9.17) is 0 Å². The lowest BCUT2D eigenvalue weighted by Crippen LogP contribution is -2.66. The van der Waals surface area contributed by atoms with Crippen molar-refractivity contribution in [1.82, 2.24) is 19.6 Å². The van der Waals surface area contributed by atoms with Crippen molar-refractivity contribution in [2.24, 2.45) is 5.92 Å². The number of carbonyl (C=O) groups is 1. The second kappa shape index (κ2) is 6.31. The number of piperidine rings is 1. The molecule has 138 valence electrons. The van der Waals surface area contributed by atoms with Crippen LogP contribution in [0.3, 0.4) is 0 Å². The van der Waals surface area contributed by atoms with Gasteiger partial charge in [-0.25, -0.2) is 4.79 Å². The van der Waals surface area contributed by atoms with Gasteiger partial charge in [-0.2, -0.15) is 5.10 Å². The van der Waals surface area contributed by atoms with Crippen LogP contribution in [0.2, 0.25) is 0 Å². The van der Waals surface area contributed by atoms with Crippen LogP contribution in [0.5, 0.6) is 0 Å². The first-order valence-corrected chi connectivity index (χ1v) is 9.81. The quantitative estimate of drug-likeness (QED) is 0.912. The van der Waals surface area contributed by atoms with Gasteiger partial charge in [0.25, 0.3) is 0 Å². The Morgan fingerprint density at radius 1 is 1.28 bits per heavy atom. The maximum atomic E-state index is 12.9. The Morgan fingerprint density at radius 2 is 1.96 bits per heavy atom. The summed E-state index contributed by atoms with van der Waals surface area (Å²) in [6.45, 7) is 8.39. The molecule has 1 saturated carbocycles. The Balaban J connectivity index is 1.47. The highest BCUT2D eigenvalue weighted by molar-refractivity contribution is 5.91. The van der Waals surface area contributed by atoms with E-state index in [-0.39, 0.29) is 11.6 Å². The minimum Gasteiger partial charge on any atom is -0.319 e. The minimum atomic E-state index is 0.0711. The van der Waals surface area contributed by atoms with Gasteiger partial charge in [-0.1, -0.05) is 13.8 Å². The van der Waals surface area contributed by atoms with Crippen molar-refractivity contribution in [1.29, 1.82) is 0 Å². The molecule has 1 aromatic heterocycles. The number of carbonyl (C=O) groups excluding carboxylic acids is 1. The van der Waals surface area contributed by atoms with E-state index in [1.807, 2.05) is 6.20 Å². The molecule has 0 aromatic carbocycles. The highest BCUT2D eigenvalue weighted by Crippen LogP contribution is 2.44. The number of aromatic nitrogens is 2. The van der Waals surface area contributed by atoms with E-state index in [1.54, 1.807) is 0 Å². The molecule has 1 spiro atoms. The minimum absolute atomic E-state index is 0.0711. The summed E-state index contributed by atoms with van der Waals surface area (Å²) < 4.78 is 2.11. The van der Waals surface area contributed by atoms with Crippen LogP contribution >= 0.6 is 0 Å². The van der Waals surface area contributed by atoms with Crippen LogP contribution in [0, 0.1) is 5.92 Å². The summed E-state index contributed by atoms with van der Waals surface area (Å²) >= 11 is 0. The molecule has 6 nitrogen and oxygen atoms in total. The van der Waals surface area contributed by atoms with Crippen LogP contribution in [0.25, 0.3) is 0 Å². The summed E-state index contributed by atoms with van der Waals surface area (Å²) in [6, 6.07) is 0.0711. The van der Waals surface area contributed by atoms with Gasteiger partial charge < -0.3 is 15.1 Å². The van der Waals surface area contributed by atoms with Gasteiger partial charge in [0.1, 0.15) is 0 Å². The van der Waals surface area contributed by atoms with E-state index in [2.05, 4.69) is 45.8 Å². The van der Waals surface area contributed by atoms with Gasteiger partial charge in [-0.3, -0.25) is 4.68 Å². The highest BCUT2D eigenvalue weighted by Gasteiger charge is 2.48. The van der Waals surface area contributed by atoms with Crippen LogP contribution < -0.4 is 5.32 Å². The van der Waals surface area contributed by atoms with Crippen molar-refractivity contribution in [2.75, 3.05) is 32.0 Å². The topological polar surface area (TPSA) is 53.4 Å². The second-order valence-corrected chi connectivity index (χ2v) is 8.65. The largest absolute Gasteiger partial charge is 0.322 e. The van der Waals surface area contributed by atoms with E-state index in [0.29, 0.717) is 11.8 Å². The molecule has 3 fully saturated rings. The van der Waals surface area contributed by atoms with Gasteiger partial charge in [0, 0.05) is 37.6 Å². The molecule has 3 heterocycles. The molecule has 0 unspecified atom stereocenters. The molecule has 1 N–H and O–H groups in total. The van der Waals surface area contributed by atoms with Crippen molar-refractivity contribution in [3.05, 3.63) is 11.9 Å². The normalized spacial score (nSPS) is 23.1. The first-order valence-electron chi connectivity index (χ1n) is 9.81. The van der Waals surface area contributed by atoms with Crippen molar-refractivity contribution in [3.8, 4) is 0 Å². The molecule has 2 amide bonds. The number of likely N-dealkylation sites (tertiary alicyclic amines) is 2. The van der Waals surface area contributed by atoms with Crippen LogP contribution in [-0.2, 0) is 6.54 Å². The predicted octanol–water partition coefficient (Wildman–Crippen LogP) is 3.12. The van der Waals surface area contributed by atoms with E-state index >= 15 is 0 Å². The van der Waals surface area contributed by atoms with Gasteiger partial charge >= 0.3 is 6.03 Å². The fourth-order valence-corrected chi connectivity index (χ4v) is 4.36. The number of amides is 2. The third-order valence-corrected chi connectivity index (χ3v) is 6.16. The first-order chi connectivity index (χ1) is 12.0. The average Bonchev–Trinajstić information content (AvgIpc) is 3.30. The van der Waals surface area contributed by atoms with Crippen LogP contribution in [0.4, 0.5) is 10.5 Å². The molecule has 1 aliphatic carbocycles. The summed E-state index contributed by atoms with van der Waals surface area (Å²) in [6.07, 6.45) is 7.63. The molecule has 2 saturated heterocycles. The van der Waals surface area contributed by atoms with Gasteiger partial charge in [0.05, 0.1) is 17.6 Å². The monoisotopic (exact) mass is 345 g/mol. The SMILES string of the molecule is CC(C)Cn1ncc(NC(=O)N2CCC23CCN(C)CC3)c1C1CC1. The predicted molar refractivity (Wildman–Crippen MR) is 98.8 cm³/mol. The maximum Gasteiger partial charge on any atom is 0.322 e. The average molecular weight is 345 g/mol. The molecule has 2 aliphatic heterocycles. The maximum absolute atomic E-state index is 12.9.